The molecule has 0 aliphatic heterocycles. The van der Waals surface area contributed by atoms with Gasteiger partial charge in [0, 0.05) is 12.3 Å². The Labute approximate surface area is 85.7 Å². The van der Waals surface area contributed by atoms with Gasteiger partial charge in [-0.3, -0.25) is 4.79 Å². The molecule has 0 aliphatic carbocycles. The third-order valence-electron chi connectivity index (χ3n) is 1.85. The minimum atomic E-state index is -0.168. The Morgan fingerprint density at radius 1 is 1.43 bits per heavy atom. The second-order valence-corrected chi connectivity index (χ2v) is 3.27. The van der Waals surface area contributed by atoms with Gasteiger partial charge in [0.1, 0.15) is 11.3 Å². The molecule has 0 saturated carbocycles. The Morgan fingerprint density at radius 3 is 2.86 bits per heavy atom. The van der Waals surface area contributed by atoms with Crippen LogP contribution >= 0.6 is 11.6 Å². The molecule has 0 spiro atoms. The van der Waals surface area contributed by atoms with E-state index in [1.165, 1.54) is 6.92 Å². The van der Waals surface area contributed by atoms with Gasteiger partial charge in [0.25, 0.3) is 0 Å². The van der Waals surface area contributed by atoms with E-state index >= 15 is 0 Å². The zero-order valence-corrected chi connectivity index (χ0v) is 8.26. The van der Waals surface area contributed by atoms with Gasteiger partial charge in [0.15, 0.2) is 0 Å². The molecule has 1 N–H and O–H groups in total. The molecule has 0 atom stereocenters. The summed E-state index contributed by atoms with van der Waals surface area (Å²) >= 11 is 5.83. The first-order chi connectivity index (χ1) is 6.68. The maximum atomic E-state index is 10.9. The summed E-state index contributed by atoms with van der Waals surface area (Å²) in [7, 11) is 0. The third kappa shape index (κ3) is 1.46. The maximum Gasteiger partial charge on any atom is 0.221 e. The van der Waals surface area contributed by atoms with Gasteiger partial charge >= 0.3 is 0 Å². The molecule has 14 heavy (non-hydrogen) atoms. The van der Waals surface area contributed by atoms with Gasteiger partial charge in [-0.2, -0.15) is 0 Å². The van der Waals surface area contributed by atoms with Crippen LogP contribution in [0.25, 0.3) is 11.0 Å². The lowest BCUT2D eigenvalue weighted by molar-refractivity contribution is -0.114. The number of nitrogens with one attached hydrogen (secondary N) is 1. The number of benzene rings is 1. The SMILES string of the molecule is CC(=O)Nc1c(Cl)oc2ccccc12. The van der Waals surface area contributed by atoms with E-state index < -0.39 is 0 Å². The molecule has 1 aromatic carbocycles. The van der Waals surface area contributed by atoms with Gasteiger partial charge in [0.2, 0.25) is 11.1 Å². The lowest BCUT2D eigenvalue weighted by atomic mass is 10.2. The zero-order chi connectivity index (χ0) is 10.1. The van der Waals surface area contributed by atoms with Crippen molar-refractivity contribution in [2.24, 2.45) is 0 Å². The van der Waals surface area contributed by atoms with Crippen LogP contribution in [-0.4, -0.2) is 5.91 Å². The van der Waals surface area contributed by atoms with Crippen molar-refractivity contribution in [3.05, 3.63) is 29.5 Å². The van der Waals surface area contributed by atoms with E-state index in [0.29, 0.717) is 11.3 Å². The Kier molecular flexibility index (Phi) is 2.17. The summed E-state index contributed by atoms with van der Waals surface area (Å²) in [5.74, 6) is -0.168. The molecule has 0 bridgehead atoms. The Hall–Kier alpha value is -1.48. The van der Waals surface area contributed by atoms with Crippen molar-refractivity contribution in [1.29, 1.82) is 0 Å². The molecule has 0 radical (unpaired) electrons. The van der Waals surface area contributed by atoms with Crippen molar-refractivity contribution in [2.75, 3.05) is 5.32 Å². The fourth-order valence-corrected chi connectivity index (χ4v) is 1.54. The van der Waals surface area contributed by atoms with E-state index in [1.54, 1.807) is 6.07 Å². The van der Waals surface area contributed by atoms with Gasteiger partial charge in [-0.25, -0.2) is 0 Å². The predicted molar refractivity (Wildman–Crippen MR) is 55.5 cm³/mol. The van der Waals surface area contributed by atoms with Crippen LogP contribution in [0.5, 0.6) is 0 Å². The van der Waals surface area contributed by atoms with Crippen molar-refractivity contribution in [2.45, 2.75) is 6.92 Å². The predicted octanol–water partition coefficient (Wildman–Crippen LogP) is 3.04. The van der Waals surface area contributed by atoms with E-state index in [-0.39, 0.29) is 11.1 Å². The standard InChI is InChI=1S/C10H8ClNO2/c1-6(13)12-9-7-4-2-3-5-8(7)14-10(9)11/h2-5H,1H3,(H,12,13). The molecule has 3 nitrogen and oxygen atoms in total. The quantitative estimate of drug-likeness (QED) is 0.785. The van der Waals surface area contributed by atoms with Gasteiger partial charge in [-0.05, 0) is 23.7 Å². The van der Waals surface area contributed by atoms with Crippen LogP contribution in [0, 0.1) is 0 Å². The van der Waals surface area contributed by atoms with Crippen LogP contribution in [0.3, 0.4) is 0 Å². The number of hydrogen-bond donors (Lipinski definition) is 1. The average molecular weight is 210 g/mol. The monoisotopic (exact) mass is 209 g/mol. The number of rotatable bonds is 1. The molecule has 1 heterocycles. The molecule has 1 amide bonds. The summed E-state index contributed by atoms with van der Waals surface area (Å²) in [6.45, 7) is 1.43. The second kappa shape index (κ2) is 3.35. The Morgan fingerprint density at radius 2 is 2.14 bits per heavy atom. The normalized spacial score (nSPS) is 10.4. The molecule has 1 aromatic heterocycles. The third-order valence-corrected chi connectivity index (χ3v) is 2.12. The molecule has 4 heteroatoms. The van der Waals surface area contributed by atoms with Crippen molar-refractivity contribution >= 4 is 34.2 Å². The van der Waals surface area contributed by atoms with Gasteiger partial charge in [-0.15, -0.1) is 0 Å². The van der Waals surface area contributed by atoms with Crippen LogP contribution in [0.15, 0.2) is 28.7 Å². The Bertz CT molecular complexity index is 490. The van der Waals surface area contributed by atoms with Crippen LogP contribution < -0.4 is 5.32 Å². The number of fused-ring (bicyclic) bond motifs is 1. The van der Waals surface area contributed by atoms with E-state index in [4.69, 9.17) is 16.0 Å². The first-order valence-electron chi connectivity index (χ1n) is 4.13. The Balaban J connectivity index is 2.62. The topological polar surface area (TPSA) is 42.2 Å². The molecular weight excluding hydrogens is 202 g/mol. The lowest BCUT2D eigenvalue weighted by Crippen LogP contribution is -2.05. The largest absolute Gasteiger partial charge is 0.442 e. The summed E-state index contributed by atoms with van der Waals surface area (Å²) < 4.78 is 5.25. The first kappa shape index (κ1) is 9.09. The van der Waals surface area contributed by atoms with Crippen LogP contribution in [0.1, 0.15) is 6.92 Å². The number of halogens is 1. The van der Waals surface area contributed by atoms with Crippen molar-refractivity contribution in [3.63, 3.8) is 0 Å². The molecule has 0 aliphatic rings. The molecule has 0 fully saturated rings. The van der Waals surface area contributed by atoms with Gasteiger partial charge in [-0.1, -0.05) is 12.1 Å². The summed E-state index contributed by atoms with van der Waals surface area (Å²) in [6, 6.07) is 7.35. The summed E-state index contributed by atoms with van der Waals surface area (Å²) in [5, 5.41) is 3.65. The average Bonchev–Trinajstić information content (AvgIpc) is 2.43. The minimum absolute atomic E-state index is 0.168. The highest BCUT2D eigenvalue weighted by atomic mass is 35.5. The minimum Gasteiger partial charge on any atom is -0.442 e. The molecule has 2 aromatic rings. The highest BCUT2D eigenvalue weighted by Gasteiger charge is 2.12. The number of amides is 1. The van der Waals surface area contributed by atoms with Crippen molar-refractivity contribution < 1.29 is 9.21 Å². The number of hydrogen-bond acceptors (Lipinski definition) is 2. The highest BCUT2D eigenvalue weighted by Crippen LogP contribution is 2.34. The summed E-state index contributed by atoms with van der Waals surface area (Å²) in [6.07, 6.45) is 0. The molecular formula is C10H8ClNO2. The van der Waals surface area contributed by atoms with Crippen LogP contribution in [0.2, 0.25) is 5.22 Å². The highest BCUT2D eigenvalue weighted by molar-refractivity contribution is 6.34. The molecule has 0 saturated heterocycles. The summed E-state index contributed by atoms with van der Waals surface area (Å²) in [4.78, 5) is 10.9. The van der Waals surface area contributed by atoms with Crippen LogP contribution in [0.4, 0.5) is 5.69 Å². The van der Waals surface area contributed by atoms with E-state index in [1.807, 2.05) is 18.2 Å². The molecule has 2 rings (SSSR count). The lowest BCUT2D eigenvalue weighted by Gasteiger charge is -1.97. The van der Waals surface area contributed by atoms with E-state index in [9.17, 15) is 4.79 Å². The number of anilines is 1. The van der Waals surface area contributed by atoms with E-state index in [2.05, 4.69) is 5.32 Å². The number of furan rings is 1. The van der Waals surface area contributed by atoms with Gasteiger partial charge < -0.3 is 9.73 Å². The second-order valence-electron chi connectivity index (χ2n) is 2.93. The number of carbonyl (C=O) groups excluding carboxylic acids is 1. The van der Waals surface area contributed by atoms with Crippen molar-refractivity contribution in [3.8, 4) is 0 Å². The number of carbonyl (C=O) groups is 1. The first-order valence-corrected chi connectivity index (χ1v) is 4.51. The summed E-state index contributed by atoms with van der Waals surface area (Å²) in [5.41, 5.74) is 1.20. The van der Waals surface area contributed by atoms with Gasteiger partial charge in [0.05, 0.1) is 0 Å². The maximum absolute atomic E-state index is 10.9. The van der Waals surface area contributed by atoms with E-state index in [0.717, 1.165) is 5.39 Å². The number of para-hydroxylation sites is 1. The zero-order valence-electron chi connectivity index (χ0n) is 7.50. The smallest absolute Gasteiger partial charge is 0.221 e. The fourth-order valence-electron chi connectivity index (χ4n) is 1.31. The molecule has 72 valence electrons. The van der Waals surface area contributed by atoms with Crippen LogP contribution in [-0.2, 0) is 4.79 Å². The molecule has 0 unspecified atom stereocenters. The fraction of sp³-hybridized carbons (Fsp3) is 0.100. The van der Waals surface area contributed by atoms with Crippen molar-refractivity contribution in [1.82, 2.24) is 0 Å².